The molecule has 4 nitrogen and oxygen atoms in total. The molecule has 0 radical (unpaired) electrons. The molecule has 1 aromatic carbocycles. The van der Waals surface area contributed by atoms with Gasteiger partial charge in [-0.2, -0.15) is 0 Å². The van der Waals surface area contributed by atoms with Crippen LogP contribution >= 0.6 is 27.5 Å². The van der Waals surface area contributed by atoms with Crippen LogP contribution in [0.5, 0.6) is 0 Å². The van der Waals surface area contributed by atoms with Crippen LogP contribution in [-0.2, 0) is 6.54 Å². The van der Waals surface area contributed by atoms with Crippen LogP contribution in [0.4, 0.5) is 5.69 Å². The molecule has 0 bridgehead atoms. The predicted molar refractivity (Wildman–Crippen MR) is 65.5 cm³/mol. The second-order valence-corrected chi connectivity index (χ2v) is 4.56. The van der Waals surface area contributed by atoms with Gasteiger partial charge >= 0.3 is 0 Å². The average molecular weight is 303 g/mol. The van der Waals surface area contributed by atoms with Gasteiger partial charge in [-0.3, -0.25) is 0 Å². The van der Waals surface area contributed by atoms with Gasteiger partial charge in [0.1, 0.15) is 11.4 Å². The Labute approximate surface area is 106 Å². The van der Waals surface area contributed by atoms with E-state index in [-0.39, 0.29) is 0 Å². The van der Waals surface area contributed by atoms with Gasteiger partial charge in [-0.15, -0.1) is 0 Å². The van der Waals surface area contributed by atoms with Crippen LogP contribution in [0.2, 0.25) is 5.02 Å². The first-order chi connectivity index (χ1) is 7.66. The Balaban J connectivity index is 2.10. The zero-order valence-corrected chi connectivity index (χ0v) is 10.8. The summed E-state index contributed by atoms with van der Waals surface area (Å²) in [4.78, 5) is 0. The highest BCUT2D eigenvalue weighted by Gasteiger charge is 2.06. The van der Waals surface area contributed by atoms with E-state index in [9.17, 15) is 0 Å². The van der Waals surface area contributed by atoms with Crippen molar-refractivity contribution < 1.29 is 4.63 Å². The fourth-order valence-corrected chi connectivity index (χ4v) is 1.78. The fourth-order valence-electron chi connectivity index (χ4n) is 1.22. The lowest BCUT2D eigenvalue weighted by molar-refractivity contribution is 0.301. The number of nitrogens with one attached hydrogen (secondary N) is 1. The van der Waals surface area contributed by atoms with E-state index in [2.05, 4.69) is 36.2 Å². The highest BCUT2D eigenvalue weighted by molar-refractivity contribution is 9.10. The van der Waals surface area contributed by atoms with Gasteiger partial charge in [0.15, 0.2) is 0 Å². The number of benzene rings is 1. The molecule has 0 atom stereocenters. The van der Waals surface area contributed by atoms with Gasteiger partial charge < -0.3 is 5.32 Å². The predicted octanol–water partition coefficient (Wildman–Crippen LogP) is 3.41. The van der Waals surface area contributed by atoms with Gasteiger partial charge in [0.2, 0.25) is 0 Å². The molecule has 0 unspecified atom stereocenters. The van der Waals surface area contributed by atoms with Gasteiger partial charge in [-0.1, -0.05) is 21.9 Å². The van der Waals surface area contributed by atoms with Crippen molar-refractivity contribution in [1.82, 2.24) is 10.3 Å². The minimum absolute atomic E-state index is 0.550. The zero-order chi connectivity index (χ0) is 11.5. The Morgan fingerprint density at radius 1 is 1.44 bits per heavy atom. The van der Waals surface area contributed by atoms with E-state index in [0.29, 0.717) is 11.6 Å². The Bertz CT molecular complexity index is 501. The summed E-state index contributed by atoms with van der Waals surface area (Å²) in [5, 5.41) is 11.4. The van der Waals surface area contributed by atoms with Crippen LogP contribution in [0.1, 0.15) is 11.4 Å². The third-order valence-corrected chi connectivity index (χ3v) is 3.05. The number of nitrogens with zero attached hydrogens (tertiary/aromatic N) is 2. The summed E-state index contributed by atoms with van der Waals surface area (Å²) in [6, 6.07) is 5.55. The molecule has 0 saturated carbocycles. The third-order valence-electron chi connectivity index (χ3n) is 2.12. The molecule has 2 rings (SSSR count). The van der Waals surface area contributed by atoms with Crippen molar-refractivity contribution in [3.63, 3.8) is 0 Å². The highest BCUT2D eigenvalue weighted by Crippen LogP contribution is 2.26. The molecule has 0 spiro atoms. The van der Waals surface area contributed by atoms with Crippen molar-refractivity contribution in [3.05, 3.63) is 39.1 Å². The zero-order valence-electron chi connectivity index (χ0n) is 8.50. The molecule has 1 N–H and O–H groups in total. The molecule has 2 aromatic rings. The Hall–Kier alpha value is -1.07. The van der Waals surface area contributed by atoms with Crippen LogP contribution in [-0.4, -0.2) is 10.3 Å². The number of hydrogen-bond acceptors (Lipinski definition) is 4. The molecule has 1 aromatic heterocycles. The van der Waals surface area contributed by atoms with E-state index < -0.39 is 0 Å². The first kappa shape index (κ1) is 11.4. The average Bonchev–Trinajstić information content (AvgIpc) is 2.66. The van der Waals surface area contributed by atoms with E-state index >= 15 is 0 Å². The van der Waals surface area contributed by atoms with Crippen LogP contribution in [0.15, 0.2) is 27.3 Å². The summed E-state index contributed by atoms with van der Waals surface area (Å²) in [6.07, 6.45) is 0. The van der Waals surface area contributed by atoms with E-state index in [4.69, 9.17) is 11.6 Å². The largest absolute Gasteiger partial charge is 0.378 e. The Kier molecular flexibility index (Phi) is 3.46. The molecule has 84 valence electrons. The summed E-state index contributed by atoms with van der Waals surface area (Å²) in [6.45, 7) is 2.40. The summed E-state index contributed by atoms with van der Waals surface area (Å²) >= 11 is 9.33. The SMILES string of the molecule is Cc1nonc1CNc1cc(Cl)ccc1Br. The first-order valence-electron chi connectivity index (χ1n) is 4.64. The van der Waals surface area contributed by atoms with Crippen molar-refractivity contribution in [2.75, 3.05) is 5.32 Å². The number of aryl methyl sites for hydroxylation is 1. The molecule has 0 saturated heterocycles. The number of hydrogen-bond donors (Lipinski definition) is 1. The number of aromatic nitrogens is 2. The summed E-state index contributed by atoms with van der Waals surface area (Å²) in [5.41, 5.74) is 2.48. The molecular formula is C10H9BrClN3O. The molecule has 6 heteroatoms. The number of rotatable bonds is 3. The monoisotopic (exact) mass is 301 g/mol. The Morgan fingerprint density at radius 2 is 2.25 bits per heavy atom. The first-order valence-corrected chi connectivity index (χ1v) is 5.81. The summed E-state index contributed by atoms with van der Waals surface area (Å²) in [7, 11) is 0. The quantitative estimate of drug-likeness (QED) is 0.944. The van der Waals surface area contributed by atoms with Gasteiger partial charge in [-0.05, 0) is 41.1 Å². The standard InChI is InChI=1S/C10H9BrClN3O/c1-6-10(15-16-14-6)5-13-9-4-7(12)2-3-8(9)11/h2-4,13H,5H2,1H3. The number of anilines is 1. The van der Waals surface area contributed by atoms with Crippen molar-refractivity contribution in [2.24, 2.45) is 0 Å². The maximum Gasteiger partial charge on any atom is 0.127 e. The second-order valence-electron chi connectivity index (χ2n) is 3.27. The fraction of sp³-hybridized carbons (Fsp3) is 0.200. The van der Waals surface area contributed by atoms with E-state index in [1.54, 1.807) is 0 Å². The van der Waals surface area contributed by atoms with Crippen molar-refractivity contribution in [3.8, 4) is 0 Å². The van der Waals surface area contributed by atoms with E-state index in [0.717, 1.165) is 21.5 Å². The van der Waals surface area contributed by atoms with Crippen molar-refractivity contribution in [2.45, 2.75) is 13.5 Å². The maximum atomic E-state index is 5.90. The molecule has 0 aliphatic carbocycles. The minimum Gasteiger partial charge on any atom is -0.378 e. The topological polar surface area (TPSA) is 51.0 Å². The minimum atomic E-state index is 0.550. The van der Waals surface area contributed by atoms with E-state index in [1.807, 2.05) is 25.1 Å². The molecule has 1 heterocycles. The molecule has 0 amide bonds. The van der Waals surface area contributed by atoms with Crippen LogP contribution in [0.25, 0.3) is 0 Å². The normalized spacial score (nSPS) is 10.4. The summed E-state index contributed by atoms with van der Waals surface area (Å²) < 4.78 is 5.56. The smallest absolute Gasteiger partial charge is 0.127 e. The van der Waals surface area contributed by atoms with Gasteiger partial charge in [0.25, 0.3) is 0 Å². The van der Waals surface area contributed by atoms with Crippen molar-refractivity contribution >= 4 is 33.2 Å². The molecular weight excluding hydrogens is 293 g/mol. The maximum absolute atomic E-state index is 5.90. The lowest BCUT2D eigenvalue weighted by Crippen LogP contribution is -2.01. The van der Waals surface area contributed by atoms with Crippen molar-refractivity contribution in [1.29, 1.82) is 0 Å². The van der Waals surface area contributed by atoms with Crippen LogP contribution in [0, 0.1) is 6.92 Å². The van der Waals surface area contributed by atoms with Gasteiger partial charge in [0.05, 0.1) is 12.2 Å². The van der Waals surface area contributed by atoms with Gasteiger partial charge in [-0.25, -0.2) is 4.63 Å². The molecule has 16 heavy (non-hydrogen) atoms. The highest BCUT2D eigenvalue weighted by atomic mass is 79.9. The molecule has 0 aliphatic rings. The summed E-state index contributed by atoms with van der Waals surface area (Å²) in [5.74, 6) is 0. The van der Waals surface area contributed by atoms with Gasteiger partial charge in [0, 0.05) is 9.50 Å². The lowest BCUT2D eigenvalue weighted by Gasteiger charge is -2.07. The second kappa shape index (κ2) is 4.84. The molecule has 0 fully saturated rings. The lowest BCUT2D eigenvalue weighted by atomic mass is 10.3. The van der Waals surface area contributed by atoms with Crippen LogP contribution in [0.3, 0.4) is 0 Å². The molecule has 0 aliphatic heterocycles. The Morgan fingerprint density at radius 3 is 2.94 bits per heavy atom. The van der Waals surface area contributed by atoms with E-state index in [1.165, 1.54) is 0 Å². The van der Waals surface area contributed by atoms with Crippen LogP contribution < -0.4 is 5.32 Å². The third kappa shape index (κ3) is 2.54. The number of halogens is 2.